The quantitative estimate of drug-likeness (QED) is 0.817. The molecule has 3 fully saturated rings. The first-order valence-corrected chi connectivity index (χ1v) is 9.93. The molecule has 0 bridgehead atoms. The molecule has 0 aliphatic carbocycles. The molecule has 1 unspecified atom stereocenters. The van der Waals surface area contributed by atoms with Crippen molar-refractivity contribution in [2.24, 2.45) is 11.3 Å². The van der Waals surface area contributed by atoms with Crippen LogP contribution < -0.4 is 0 Å². The van der Waals surface area contributed by atoms with Crippen LogP contribution in [-0.4, -0.2) is 54.5 Å². The summed E-state index contributed by atoms with van der Waals surface area (Å²) in [6.45, 7) is 3.92. The zero-order valence-corrected chi connectivity index (χ0v) is 15.7. The minimum absolute atomic E-state index is 0.0245. The Morgan fingerprint density at radius 2 is 2.07 bits per heavy atom. The summed E-state index contributed by atoms with van der Waals surface area (Å²) in [5.41, 5.74) is 0.915. The molecule has 0 aromatic heterocycles. The van der Waals surface area contributed by atoms with Crippen LogP contribution in [0.15, 0.2) is 24.3 Å². The Kier molecular flexibility index (Phi) is 5.17. The molecule has 146 valence electrons. The summed E-state index contributed by atoms with van der Waals surface area (Å²) in [6, 6.07) is 6.47. The Morgan fingerprint density at radius 3 is 2.78 bits per heavy atom. The van der Waals surface area contributed by atoms with Gasteiger partial charge >= 0.3 is 0 Å². The predicted molar refractivity (Wildman–Crippen MR) is 98.2 cm³/mol. The first-order chi connectivity index (χ1) is 13.0. The fraction of sp³-hybridized carbons (Fsp3) is 0.619. The predicted octanol–water partition coefficient (Wildman–Crippen LogP) is 2.59. The van der Waals surface area contributed by atoms with Crippen molar-refractivity contribution in [3.63, 3.8) is 0 Å². The van der Waals surface area contributed by atoms with Gasteiger partial charge in [0.2, 0.25) is 11.8 Å². The third-order valence-corrected chi connectivity index (χ3v) is 6.43. The highest BCUT2D eigenvalue weighted by molar-refractivity contribution is 5.79. The summed E-state index contributed by atoms with van der Waals surface area (Å²) >= 11 is 0. The van der Waals surface area contributed by atoms with Crippen molar-refractivity contribution in [3.05, 3.63) is 35.6 Å². The minimum atomic E-state index is -0.269. The zero-order valence-electron chi connectivity index (χ0n) is 15.7. The van der Waals surface area contributed by atoms with E-state index in [-0.39, 0.29) is 29.0 Å². The molecule has 3 aliphatic rings. The zero-order chi connectivity index (χ0) is 18.9. The highest BCUT2D eigenvalue weighted by Gasteiger charge is 2.42. The number of nitrogens with zero attached hydrogens (tertiary/aromatic N) is 2. The van der Waals surface area contributed by atoms with Gasteiger partial charge in [0, 0.05) is 39.2 Å². The van der Waals surface area contributed by atoms with Crippen LogP contribution in [0.4, 0.5) is 4.39 Å². The Balaban J connectivity index is 1.37. The molecule has 3 heterocycles. The second kappa shape index (κ2) is 7.58. The fourth-order valence-corrected chi connectivity index (χ4v) is 4.70. The standard InChI is InChI=1S/C21H27FN2O3/c22-18-3-1-2-16(12-18)13-24-15-21(6-4-19(24)25)7-9-23(10-8-21)20(26)17-5-11-27-14-17/h1-3,12,17H,4-11,13-15H2. The van der Waals surface area contributed by atoms with E-state index in [1.807, 2.05) is 15.9 Å². The molecule has 2 amide bonds. The van der Waals surface area contributed by atoms with E-state index in [1.54, 1.807) is 6.07 Å². The van der Waals surface area contributed by atoms with E-state index in [2.05, 4.69) is 0 Å². The molecule has 3 saturated heterocycles. The highest BCUT2D eigenvalue weighted by atomic mass is 19.1. The molecule has 27 heavy (non-hydrogen) atoms. The largest absolute Gasteiger partial charge is 0.381 e. The number of piperidine rings is 2. The number of ether oxygens (including phenoxy) is 1. The van der Waals surface area contributed by atoms with Gasteiger partial charge in [-0.15, -0.1) is 0 Å². The van der Waals surface area contributed by atoms with Crippen LogP contribution in [-0.2, 0) is 20.9 Å². The second-order valence-electron chi connectivity index (χ2n) is 8.27. The van der Waals surface area contributed by atoms with E-state index in [9.17, 15) is 14.0 Å². The second-order valence-corrected chi connectivity index (χ2v) is 8.27. The molecule has 1 atom stereocenters. The van der Waals surface area contributed by atoms with E-state index in [0.29, 0.717) is 32.7 Å². The number of benzene rings is 1. The smallest absolute Gasteiger partial charge is 0.228 e. The molecule has 5 nitrogen and oxygen atoms in total. The van der Waals surface area contributed by atoms with Crippen molar-refractivity contribution in [2.75, 3.05) is 32.8 Å². The number of rotatable bonds is 3. The maximum atomic E-state index is 13.5. The molecule has 1 aromatic rings. The first-order valence-electron chi connectivity index (χ1n) is 9.93. The number of halogens is 1. The third-order valence-electron chi connectivity index (χ3n) is 6.43. The van der Waals surface area contributed by atoms with E-state index < -0.39 is 0 Å². The van der Waals surface area contributed by atoms with Gasteiger partial charge in [0.15, 0.2) is 0 Å². The number of likely N-dealkylation sites (tertiary alicyclic amines) is 2. The number of hydrogen-bond acceptors (Lipinski definition) is 3. The van der Waals surface area contributed by atoms with Crippen molar-refractivity contribution in [2.45, 2.75) is 38.6 Å². The van der Waals surface area contributed by atoms with Crippen LogP contribution in [0.1, 0.15) is 37.7 Å². The Morgan fingerprint density at radius 1 is 1.26 bits per heavy atom. The third kappa shape index (κ3) is 4.00. The Hall–Kier alpha value is -1.95. The molecule has 0 radical (unpaired) electrons. The summed E-state index contributed by atoms with van der Waals surface area (Å²) < 4.78 is 18.8. The summed E-state index contributed by atoms with van der Waals surface area (Å²) in [5, 5.41) is 0. The lowest BCUT2D eigenvalue weighted by atomic mass is 9.72. The fourth-order valence-electron chi connectivity index (χ4n) is 4.70. The maximum absolute atomic E-state index is 13.5. The SMILES string of the molecule is O=C1CCC2(CCN(C(=O)C3CCOC3)CC2)CN1Cc1cccc(F)c1. The molecule has 4 rings (SSSR count). The van der Waals surface area contributed by atoms with Gasteiger partial charge in [-0.3, -0.25) is 9.59 Å². The van der Waals surface area contributed by atoms with E-state index in [4.69, 9.17) is 4.74 Å². The van der Waals surface area contributed by atoms with Crippen LogP contribution in [0.25, 0.3) is 0 Å². The molecule has 0 N–H and O–H groups in total. The van der Waals surface area contributed by atoms with Crippen molar-refractivity contribution < 1.29 is 18.7 Å². The topological polar surface area (TPSA) is 49.9 Å². The molecule has 1 aromatic carbocycles. The summed E-state index contributed by atoms with van der Waals surface area (Å²) in [4.78, 5) is 28.9. The van der Waals surface area contributed by atoms with E-state index in [1.165, 1.54) is 12.1 Å². The number of carbonyl (C=O) groups is 2. The van der Waals surface area contributed by atoms with Crippen molar-refractivity contribution in [1.82, 2.24) is 9.80 Å². The van der Waals surface area contributed by atoms with Gasteiger partial charge < -0.3 is 14.5 Å². The first kappa shape index (κ1) is 18.4. The highest BCUT2D eigenvalue weighted by Crippen LogP contribution is 2.41. The summed E-state index contributed by atoms with van der Waals surface area (Å²) in [7, 11) is 0. The van der Waals surface area contributed by atoms with Crippen LogP contribution in [0, 0.1) is 17.2 Å². The van der Waals surface area contributed by atoms with Gasteiger partial charge in [-0.1, -0.05) is 12.1 Å². The van der Waals surface area contributed by atoms with Gasteiger partial charge in [-0.2, -0.15) is 0 Å². The van der Waals surface area contributed by atoms with Gasteiger partial charge in [-0.05, 0) is 48.8 Å². The van der Waals surface area contributed by atoms with Gasteiger partial charge in [0.05, 0.1) is 12.5 Å². The van der Waals surface area contributed by atoms with E-state index in [0.717, 1.165) is 44.3 Å². The van der Waals surface area contributed by atoms with Crippen LogP contribution >= 0.6 is 0 Å². The molecule has 1 spiro atoms. The molecule has 0 saturated carbocycles. The number of amides is 2. The van der Waals surface area contributed by atoms with Gasteiger partial charge in [0.1, 0.15) is 5.82 Å². The van der Waals surface area contributed by atoms with Crippen molar-refractivity contribution in [1.29, 1.82) is 0 Å². The lowest BCUT2D eigenvalue weighted by Gasteiger charge is -2.47. The van der Waals surface area contributed by atoms with Crippen molar-refractivity contribution >= 4 is 11.8 Å². The molecular formula is C21H27FN2O3. The van der Waals surface area contributed by atoms with Gasteiger partial charge in [-0.25, -0.2) is 4.39 Å². The average molecular weight is 374 g/mol. The molecule has 6 heteroatoms. The number of hydrogen-bond donors (Lipinski definition) is 0. The van der Waals surface area contributed by atoms with Crippen LogP contribution in [0.5, 0.6) is 0 Å². The van der Waals surface area contributed by atoms with Crippen LogP contribution in [0.2, 0.25) is 0 Å². The van der Waals surface area contributed by atoms with Crippen molar-refractivity contribution in [3.8, 4) is 0 Å². The normalized spacial score (nSPS) is 25.2. The molecule has 3 aliphatic heterocycles. The minimum Gasteiger partial charge on any atom is -0.381 e. The maximum Gasteiger partial charge on any atom is 0.228 e. The number of carbonyl (C=O) groups excluding carboxylic acids is 2. The van der Waals surface area contributed by atoms with E-state index >= 15 is 0 Å². The van der Waals surface area contributed by atoms with Gasteiger partial charge in [0.25, 0.3) is 0 Å². The lowest BCUT2D eigenvalue weighted by Crippen LogP contribution is -2.52. The Bertz CT molecular complexity index is 709. The Labute approximate surface area is 159 Å². The average Bonchev–Trinajstić information content (AvgIpc) is 3.20. The lowest BCUT2D eigenvalue weighted by molar-refractivity contribution is -0.144. The molecular weight excluding hydrogens is 347 g/mol. The summed E-state index contributed by atoms with van der Waals surface area (Å²) in [6.07, 6.45) is 4.12. The van der Waals surface area contributed by atoms with Crippen LogP contribution in [0.3, 0.4) is 0 Å². The monoisotopic (exact) mass is 374 g/mol. The summed E-state index contributed by atoms with van der Waals surface area (Å²) in [5.74, 6) is 0.128.